The van der Waals surface area contributed by atoms with Gasteiger partial charge in [-0.15, -0.1) is 24.2 Å². The van der Waals surface area contributed by atoms with Crippen molar-refractivity contribution in [2.75, 3.05) is 20.1 Å². The summed E-state index contributed by atoms with van der Waals surface area (Å²) in [6.45, 7) is 1.53. The van der Waals surface area contributed by atoms with Gasteiger partial charge < -0.3 is 15.1 Å². The van der Waals surface area contributed by atoms with E-state index in [1.165, 1.54) is 4.90 Å². The second kappa shape index (κ2) is 10.3. The van der Waals surface area contributed by atoms with E-state index in [0.29, 0.717) is 12.3 Å². The summed E-state index contributed by atoms with van der Waals surface area (Å²) in [5, 5.41) is 5.92. The lowest BCUT2D eigenvalue weighted by Crippen LogP contribution is -2.26. The highest BCUT2D eigenvalue weighted by molar-refractivity contribution is 7.98. The first-order valence-corrected chi connectivity index (χ1v) is 7.97. The van der Waals surface area contributed by atoms with Crippen LogP contribution in [0.15, 0.2) is 52.0 Å². The van der Waals surface area contributed by atoms with Gasteiger partial charge >= 0.3 is 0 Å². The van der Waals surface area contributed by atoms with E-state index in [-0.39, 0.29) is 18.3 Å². The lowest BCUT2D eigenvalue weighted by molar-refractivity contribution is 0.0924. The Labute approximate surface area is 141 Å². The van der Waals surface area contributed by atoms with Crippen LogP contribution in [0.5, 0.6) is 0 Å². The second-order valence-electron chi connectivity index (χ2n) is 4.59. The predicted molar refractivity (Wildman–Crippen MR) is 92.8 cm³/mol. The van der Waals surface area contributed by atoms with Gasteiger partial charge in [0.05, 0.1) is 6.26 Å². The number of benzene rings is 1. The number of carbonyl (C=O) groups excluding carboxylic acids is 1. The molecule has 0 aliphatic rings. The maximum absolute atomic E-state index is 12.1. The first-order chi connectivity index (χ1) is 10.3. The number of furan rings is 1. The Balaban J connectivity index is 0.00000242. The summed E-state index contributed by atoms with van der Waals surface area (Å²) in [4.78, 5) is 13.2. The van der Waals surface area contributed by atoms with Crippen LogP contribution < -0.4 is 10.6 Å². The molecule has 120 valence electrons. The van der Waals surface area contributed by atoms with E-state index >= 15 is 0 Å². The van der Waals surface area contributed by atoms with Gasteiger partial charge in [-0.1, -0.05) is 18.2 Å². The van der Waals surface area contributed by atoms with Crippen LogP contribution in [-0.2, 0) is 5.75 Å². The van der Waals surface area contributed by atoms with E-state index in [1.807, 2.05) is 31.3 Å². The van der Waals surface area contributed by atoms with Gasteiger partial charge in [0.2, 0.25) is 0 Å². The third-order valence-corrected chi connectivity index (χ3v) is 4.04. The number of halogens is 1. The fraction of sp³-hybridized carbons (Fsp3) is 0.312. The molecule has 2 aromatic rings. The molecular formula is C16H21ClN2O2S. The molecule has 6 heteroatoms. The van der Waals surface area contributed by atoms with Crippen LogP contribution in [-0.4, -0.2) is 26.0 Å². The Morgan fingerprint density at radius 2 is 1.95 bits per heavy atom. The molecule has 4 nitrogen and oxygen atoms in total. The minimum Gasteiger partial charge on any atom is -0.459 e. The van der Waals surface area contributed by atoms with Gasteiger partial charge in [-0.05, 0) is 38.2 Å². The Hall–Kier alpha value is -1.43. The van der Waals surface area contributed by atoms with Gasteiger partial charge in [-0.25, -0.2) is 0 Å². The number of hydrogen-bond donors (Lipinski definition) is 2. The van der Waals surface area contributed by atoms with Gasteiger partial charge in [-0.3, -0.25) is 4.79 Å². The molecule has 0 saturated heterocycles. The van der Waals surface area contributed by atoms with Crippen molar-refractivity contribution in [1.82, 2.24) is 10.6 Å². The van der Waals surface area contributed by atoms with Crippen LogP contribution in [0.3, 0.4) is 0 Å². The van der Waals surface area contributed by atoms with Gasteiger partial charge in [-0.2, -0.15) is 0 Å². The summed E-state index contributed by atoms with van der Waals surface area (Å²) in [5.41, 5.74) is 0.926. The molecular weight excluding hydrogens is 320 g/mol. The van der Waals surface area contributed by atoms with Crippen molar-refractivity contribution in [3.05, 3.63) is 54.0 Å². The van der Waals surface area contributed by atoms with Crippen LogP contribution >= 0.6 is 24.2 Å². The van der Waals surface area contributed by atoms with Crippen LogP contribution in [0.1, 0.15) is 22.5 Å². The van der Waals surface area contributed by atoms with Crippen LogP contribution in [0, 0.1) is 0 Å². The molecule has 0 atom stereocenters. The van der Waals surface area contributed by atoms with Crippen molar-refractivity contribution in [2.24, 2.45) is 0 Å². The van der Waals surface area contributed by atoms with Crippen LogP contribution in [0.2, 0.25) is 0 Å². The van der Waals surface area contributed by atoms with E-state index < -0.39 is 0 Å². The van der Waals surface area contributed by atoms with Crippen molar-refractivity contribution in [1.29, 1.82) is 0 Å². The van der Waals surface area contributed by atoms with Crippen molar-refractivity contribution < 1.29 is 9.21 Å². The lowest BCUT2D eigenvalue weighted by Gasteiger charge is -2.05. The molecule has 0 aliphatic carbocycles. The zero-order chi connectivity index (χ0) is 14.9. The number of thioether (sulfide) groups is 1. The Morgan fingerprint density at radius 1 is 1.18 bits per heavy atom. The molecule has 0 spiro atoms. The monoisotopic (exact) mass is 340 g/mol. The highest BCUT2D eigenvalue weighted by Crippen LogP contribution is 2.24. The molecule has 0 bridgehead atoms. The van der Waals surface area contributed by atoms with Gasteiger partial charge in [0, 0.05) is 22.8 Å². The number of nitrogens with one attached hydrogen (secondary N) is 2. The van der Waals surface area contributed by atoms with E-state index in [9.17, 15) is 4.79 Å². The molecule has 0 fully saturated rings. The van der Waals surface area contributed by atoms with Gasteiger partial charge in [0.25, 0.3) is 5.91 Å². The average Bonchev–Trinajstić information content (AvgIpc) is 2.99. The average molecular weight is 341 g/mol. The second-order valence-corrected chi connectivity index (χ2v) is 5.64. The smallest absolute Gasteiger partial charge is 0.287 e. The summed E-state index contributed by atoms with van der Waals surface area (Å²) < 4.78 is 5.33. The predicted octanol–water partition coefficient (Wildman–Crippen LogP) is 3.33. The Morgan fingerprint density at radius 3 is 2.68 bits per heavy atom. The zero-order valence-corrected chi connectivity index (χ0v) is 14.1. The summed E-state index contributed by atoms with van der Waals surface area (Å²) in [6, 6.07) is 12.0. The molecule has 1 aromatic carbocycles. The maximum Gasteiger partial charge on any atom is 0.287 e. The summed E-state index contributed by atoms with van der Waals surface area (Å²) in [6.07, 6.45) is 2.47. The van der Waals surface area contributed by atoms with E-state index in [4.69, 9.17) is 4.42 Å². The summed E-state index contributed by atoms with van der Waals surface area (Å²) >= 11 is 1.69. The molecule has 2 N–H and O–H groups in total. The minimum atomic E-state index is -0.139. The summed E-state index contributed by atoms with van der Waals surface area (Å²) in [7, 11) is 1.90. The third-order valence-electron chi connectivity index (χ3n) is 2.98. The van der Waals surface area contributed by atoms with Crippen molar-refractivity contribution >= 4 is 30.1 Å². The molecule has 0 saturated carbocycles. The van der Waals surface area contributed by atoms with Gasteiger partial charge in [0.1, 0.15) is 0 Å². The van der Waals surface area contributed by atoms with Crippen LogP contribution in [0.4, 0.5) is 0 Å². The quantitative estimate of drug-likeness (QED) is 0.571. The standard InChI is InChI=1S/C16H20N2O2S.ClH/c1-17-9-5-10-18-16(19)15-13(8-11-20-15)12-21-14-6-3-2-4-7-14;/h2-4,6-8,11,17H,5,9-10,12H2,1H3,(H,18,19);1H. The summed E-state index contributed by atoms with van der Waals surface area (Å²) in [5.74, 6) is 1.00. The number of rotatable bonds is 8. The fourth-order valence-corrected chi connectivity index (χ4v) is 2.77. The number of amides is 1. The molecule has 2 rings (SSSR count). The fourth-order valence-electron chi connectivity index (χ4n) is 1.87. The maximum atomic E-state index is 12.1. The van der Waals surface area contributed by atoms with Gasteiger partial charge in [0.15, 0.2) is 5.76 Å². The zero-order valence-electron chi connectivity index (χ0n) is 12.5. The normalized spacial score (nSPS) is 10.0. The minimum absolute atomic E-state index is 0. The number of carbonyl (C=O) groups is 1. The molecule has 22 heavy (non-hydrogen) atoms. The third kappa shape index (κ3) is 5.75. The molecule has 1 amide bonds. The Kier molecular flexibility index (Phi) is 8.74. The first kappa shape index (κ1) is 18.6. The van der Waals surface area contributed by atoms with Crippen molar-refractivity contribution in [2.45, 2.75) is 17.1 Å². The van der Waals surface area contributed by atoms with E-state index in [2.05, 4.69) is 22.8 Å². The van der Waals surface area contributed by atoms with E-state index in [1.54, 1.807) is 18.0 Å². The molecule has 1 heterocycles. The largest absolute Gasteiger partial charge is 0.459 e. The number of hydrogen-bond acceptors (Lipinski definition) is 4. The molecule has 0 radical (unpaired) electrons. The lowest BCUT2D eigenvalue weighted by atomic mass is 10.2. The van der Waals surface area contributed by atoms with Crippen molar-refractivity contribution in [3.8, 4) is 0 Å². The highest BCUT2D eigenvalue weighted by Gasteiger charge is 2.14. The Bertz CT molecular complexity index is 560. The van der Waals surface area contributed by atoms with Crippen LogP contribution in [0.25, 0.3) is 0 Å². The SMILES string of the molecule is CNCCCNC(=O)c1occc1CSc1ccccc1.Cl. The molecule has 1 aromatic heterocycles. The van der Waals surface area contributed by atoms with Crippen molar-refractivity contribution in [3.63, 3.8) is 0 Å². The topological polar surface area (TPSA) is 54.3 Å². The van der Waals surface area contributed by atoms with E-state index in [0.717, 1.165) is 24.3 Å². The molecule has 0 aliphatic heterocycles. The molecule has 0 unspecified atom stereocenters. The first-order valence-electron chi connectivity index (χ1n) is 6.98. The highest BCUT2D eigenvalue weighted by atomic mass is 35.5.